The molecule has 1 saturated carbocycles. The van der Waals surface area contributed by atoms with Crippen LogP contribution in [0.4, 0.5) is 0 Å². The van der Waals surface area contributed by atoms with Crippen LogP contribution >= 0.6 is 22.9 Å². The molecule has 3 unspecified atom stereocenters. The van der Waals surface area contributed by atoms with Gasteiger partial charge >= 0.3 is 0 Å². The van der Waals surface area contributed by atoms with Gasteiger partial charge in [-0.1, -0.05) is 38.3 Å². The van der Waals surface area contributed by atoms with Crippen LogP contribution in [-0.2, 0) is 0 Å². The van der Waals surface area contributed by atoms with Crippen LogP contribution in [0.1, 0.15) is 50.4 Å². The Kier molecular flexibility index (Phi) is 4.89. The Morgan fingerprint density at radius 1 is 1.53 bits per heavy atom. The third kappa shape index (κ3) is 3.04. The molecule has 0 aliphatic heterocycles. The number of hydrogen-bond donors (Lipinski definition) is 1. The zero-order chi connectivity index (χ0) is 12.3. The second-order valence-corrected chi connectivity index (χ2v) is 6.49. The Hall–Kier alpha value is -0.0500. The summed E-state index contributed by atoms with van der Waals surface area (Å²) >= 11 is 8.11. The zero-order valence-corrected chi connectivity index (χ0v) is 12.3. The molecule has 1 aromatic rings. The van der Waals surface area contributed by atoms with Gasteiger partial charge < -0.3 is 5.32 Å². The molecule has 3 heteroatoms. The molecular formula is C14H22ClNS. The molecule has 0 amide bonds. The van der Waals surface area contributed by atoms with Gasteiger partial charge in [0.15, 0.2) is 0 Å². The lowest BCUT2D eigenvalue weighted by Crippen LogP contribution is -2.29. The minimum Gasteiger partial charge on any atom is -0.309 e. The minimum absolute atomic E-state index is 0.472. The van der Waals surface area contributed by atoms with E-state index in [1.807, 2.05) is 6.07 Å². The first-order valence-electron chi connectivity index (χ1n) is 6.70. The van der Waals surface area contributed by atoms with Crippen LogP contribution in [0.15, 0.2) is 11.4 Å². The number of thiophene rings is 1. The summed E-state index contributed by atoms with van der Waals surface area (Å²) in [5.41, 5.74) is 0. The van der Waals surface area contributed by atoms with Gasteiger partial charge in [-0.25, -0.2) is 0 Å². The van der Waals surface area contributed by atoms with Crippen molar-refractivity contribution in [3.63, 3.8) is 0 Å². The Balaban J connectivity index is 2.15. The fraction of sp³-hybridized carbons (Fsp3) is 0.714. The van der Waals surface area contributed by atoms with Crippen molar-refractivity contribution in [3.05, 3.63) is 21.3 Å². The quantitative estimate of drug-likeness (QED) is 0.805. The average Bonchev–Trinajstić information content (AvgIpc) is 2.90. The molecule has 0 radical (unpaired) electrons. The lowest BCUT2D eigenvalue weighted by Gasteiger charge is -2.27. The maximum Gasteiger partial charge on any atom is 0.0561 e. The van der Waals surface area contributed by atoms with E-state index in [4.69, 9.17) is 11.6 Å². The molecule has 3 atom stereocenters. The highest BCUT2D eigenvalue weighted by atomic mass is 35.5. The number of nitrogens with one attached hydrogen (secondary N) is 1. The van der Waals surface area contributed by atoms with Crippen molar-refractivity contribution in [2.75, 3.05) is 6.54 Å². The molecule has 0 saturated heterocycles. The first kappa shape index (κ1) is 13.4. The van der Waals surface area contributed by atoms with Crippen molar-refractivity contribution >= 4 is 22.9 Å². The van der Waals surface area contributed by atoms with E-state index in [0.717, 1.165) is 23.4 Å². The number of halogens is 1. The van der Waals surface area contributed by atoms with Gasteiger partial charge in [-0.15, -0.1) is 11.3 Å². The second kappa shape index (κ2) is 6.21. The van der Waals surface area contributed by atoms with Crippen LogP contribution in [0.3, 0.4) is 0 Å². The molecule has 1 nitrogen and oxygen atoms in total. The van der Waals surface area contributed by atoms with Crippen molar-refractivity contribution in [1.29, 1.82) is 0 Å². The number of rotatable bonds is 5. The maximum absolute atomic E-state index is 6.31. The summed E-state index contributed by atoms with van der Waals surface area (Å²) in [4.78, 5) is 1.35. The van der Waals surface area contributed by atoms with Crippen molar-refractivity contribution in [3.8, 4) is 0 Å². The van der Waals surface area contributed by atoms with E-state index in [2.05, 4.69) is 24.5 Å². The Morgan fingerprint density at radius 3 is 2.88 bits per heavy atom. The van der Waals surface area contributed by atoms with Crippen LogP contribution in [0, 0.1) is 11.8 Å². The van der Waals surface area contributed by atoms with Crippen LogP contribution in [0.25, 0.3) is 0 Å². The van der Waals surface area contributed by atoms with E-state index < -0.39 is 0 Å². The average molecular weight is 272 g/mol. The topological polar surface area (TPSA) is 12.0 Å². The monoisotopic (exact) mass is 271 g/mol. The van der Waals surface area contributed by atoms with E-state index in [1.165, 1.54) is 30.6 Å². The van der Waals surface area contributed by atoms with E-state index in [-0.39, 0.29) is 0 Å². The van der Waals surface area contributed by atoms with Crippen LogP contribution < -0.4 is 5.32 Å². The smallest absolute Gasteiger partial charge is 0.0561 e. The molecule has 1 heterocycles. The highest BCUT2D eigenvalue weighted by molar-refractivity contribution is 7.10. The molecular weight excluding hydrogens is 250 g/mol. The molecule has 96 valence electrons. The largest absolute Gasteiger partial charge is 0.309 e. The highest BCUT2D eigenvalue weighted by Crippen LogP contribution is 2.43. The molecule has 0 spiro atoms. The molecule has 1 N–H and O–H groups in total. The Labute approximate surface area is 114 Å². The summed E-state index contributed by atoms with van der Waals surface area (Å²) in [6, 6.07) is 2.50. The maximum atomic E-state index is 6.31. The predicted molar refractivity (Wildman–Crippen MR) is 76.9 cm³/mol. The molecule has 0 bridgehead atoms. The van der Waals surface area contributed by atoms with E-state index in [1.54, 1.807) is 11.3 Å². The van der Waals surface area contributed by atoms with Gasteiger partial charge in [-0.3, -0.25) is 0 Å². The molecule has 17 heavy (non-hydrogen) atoms. The molecule has 1 fully saturated rings. The van der Waals surface area contributed by atoms with Crippen molar-refractivity contribution in [2.24, 2.45) is 11.8 Å². The third-order valence-corrected chi connectivity index (χ3v) is 5.34. The molecule has 1 aromatic heterocycles. The van der Waals surface area contributed by atoms with Crippen LogP contribution in [-0.4, -0.2) is 6.54 Å². The number of hydrogen-bond acceptors (Lipinski definition) is 2. The van der Waals surface area contributed by atoms with Gasteiger partial charge in [-0.2, -0.15) is 0 Å². The molecule has 0 aromatic carbocycles. The van der Waals surface area contributed by atoms with Gasteiger partial charge in [0, 0.05) is 10.9 Å². The summed E-state index contributed by atoms with van der Waals surface area (Å²) in [5.74, 6) is 1.58. The lowest BCUT2D eigenvalue weighted by molar-refractivity contribution is 0.306. The Bertz CT molecular complexity index is 350. The standard InChI is InChI=1S/C14H22ClNS/c1-3-8-16-13(11-6-4-5-10(11)2)14-12(15)7-9-17-14/h7,9-11,13,16H,3-6,8H2,1-2H3. The predicted octanol–water partition coefficient (Wildman–Crippen LogP) is 4.88. The molecule has 1 aliphatic carbocycles. The summed E-state index contributed by atoms with van der Waals surface area (Å²) in [6.45, 7) is 5.69. The second-order valence-electron chi connectivity index (χ2n) is 5.14. The van der Waals surface area contributed by atoms with Gasteiger partial charge in [0.05, 0.1) is 5.02 Å². The van der Waals surface area contributed by atoms with Gasteiger partial charge in [0.1, 0.15) is 0 Å². The fourth-order valence-electron chi connectivity index (χ4n) is 2.94. The van der Waals surface area contributed by atoms with E-state index in [0.29, 0.717) is 6.04 Å². The lowest BCUT2D eigenvalue weighted by atomic mass is 9.89. The fourth-order valence-corrected chi connectivity index (χ4v) is 4.26. The van der Waals surface area contributed by atoms with Crippen molar-refractivity contribution in [2.45, 2.75) is 45.6 Å². The SMILES string of the molecule is CCCNC(c1sccc1Cl)C1CCCC1C. The van der Waals surface area contributed by atoms with Gasteiger partial charge in [-0.05, 0) is 42.7 Å². The van der Waals surface area contributed by atoms with Gasteiger partial charge in [0.25, 0.3) is 0 Å². The van der Waals surface area contributed by atoms with E-state index in [9.17, 15) is 0 Å². The third-order valence-electron chi connectivity index (χ3n) is 3.90. The highest BCUT2D eigenvalue weighted by Gasteiger charge is 2.33. The normalized spacial score (nSPS) is 26.3. The summed E-state index contributed by atoms with van der Waals surface area (Å²) in [6.07, 6.45) is 5.27. The van der Waals surface area contributed by atoms with Gasteiger partial charge in [0.2, 0.25) is 0 Å². The van der Waals surface area contributed by atoms with E-state index >= 15 is 0 Å². The molecule has 2 rings (SSSR count). The first-order valence-corrected chi connectivity index (χ1v) is 7.96. The Morgan fingerprint density at radius 2 is 2.35 bits per heavy atom. The van der Waals surface area contributed by atoms with Crippen LogP contribution in [0.2, 0.25) is 5.02 Å². The molecule has 1 aliphatic rings. The summed E-state index contributed by atoms with van der Waals surface area (Å²) in [7, 11) is 0. The minimum atomic E-state index is 0.472. The van der Waals surface area contributed by atoms with Crippen molar-refractivity contribution < 1.29 is 0 Å². The first-order chi connectivity index (χ1) is 8.24. The summed E-state index contributed by atoms with van der Waals surface area (Å²) in [5, 5.41) is 6.77. The van der Waals surface area contributed by atoms with Crippen LogP contribution in [0.5, 0.6) is 0 Å². The van der Waals surface area contributed by atoms with Crippen molar-refractivity contribution in [1.82, 2.24) is 5.32 Å². The summed E-state index contributed by atoms with van der Waals surface area (Å²) < 4.78 is 0. The zero-order valence-electron chi connectivity index (χ0n) is 10.7.